The van der Waals surface area contributed by atoms with Crippen molar-refractivity contribution < 1.29 is 18.0 Å². The van der Waals surface area contributed by atoms with Crippen LogP contribution in [0.15, 0.2) is 5.38 Å². The van der Waals surface area contributed by atoms with E-state index in [2.05, 4.69) is 15.2 Å². The topological polar surface area (TPSA) is 59.0 Å². The number of halogens is 3. The lowest BCUT2D eigenvalue weighted by Crippen LogP contribution is -2.26. The first-order chi connectivity index (χ1) is 9.27. The van der Waals surface area contributed by atoms with Crippen molar-refractivity contribution in [1.29, 1.82) is 0 Å². The normalized spacial score (nSPS) is 11.7. The lowest BCUT2D eigenvalue weighted by molar-refractivity contribution is -0.140. The van der Waals surface area contributed by atoms with E-state index in [1.807, 2.05) is 0 Å². The molecule has 5 nitrogen and oxygen atoms in total. The van der Waals surface area contributed by atoms with Gasteiger partial charge in [0.15, 0.2) is 5.69 Å². The van der Waals surface area contributed by atoms with Crippen molar-refractivity contribution in [3.8, 4) is 0 Å². The number of aromatic nitrogens is 3. The third-order valence-electron chi connectivity index (χ3n) is 2.27. The van der Waals surface area contributed by atoms with Crippen LogP contribution in [0.5, 0.6) is 0 Å². The number of thiazole rings is 1. The van der Waals surface area contributed by atoms with Crippen LogP contribution >= 0.6 is 22.7 Å². The summed E-state index contributed by atoms with van der Waals surface area (Å²) in [5, 5.41) is 9.43. The Kier molecular flexibility index (Phi) is 4.04. The number of rotatable bonds is 3. The van der Waals surface area contributed by atoms with Crippen LogP contribution in [0.1, 0.15) is 25.5 Å². The zero-order chi connectivity index (χ0) is 14.9. The highest BCUT2D eigenvalue weighted by atomic mass is 32.1. The molecule has 20 heavy (non-hydrogen) atoms. The first-order valence-corrected chi connectivity index (χ1v) is 7.04. The molecular weight excluding hydrogens is 313 g/mol. The standard InChI is InChI=1S/C10H9F3N4OS2/c1-5-15-16-8(20-5)9(18)17(2)3-7-14-6(4-19-7)10(11,12)13/h4H,3H2,1-2H3. The third-order valence-corrected chi connectivity index (χ3v) is 3.93. The number of carbonyl (C=O) groups excluding carboxylic acids is 1. The van der Waals surface area contributed by atoms with E-state index >= 15 is 0 Å². The summed E-state index contributed by atoms with van der Waals surface area (Å²) < 4.78 is 37.2. The first-order valence-electron chi connectivity index (χ1n) is 5.34. The van der Waals surface area contributed by atoms with Crippen molar-refractivity contribution in [3.63, 3.8) is 0 Å². The second kappa shape index (κ2) is 5.44. The number of amides is 1. The SMILES string of the molecule is Cc1nnc(C(=O)N(C)Cc2nc(C(F)(F)F)cs2)s1. The average molecular weight is 322 g/mol. The fourth-order valence-electron chi connectivity index (χ4n) is 1.33. The molecule has 0 saturated carbocycles. The Hall–Kier alpha value is -1.55. The van der Waals surface area contributed by atoms with Crippen molar-refractivity contribution in [2.45, 2.75) is 19.6 Å². The number of hydrogen-bond donors (Lipinski definition) is 0. The number of hydrogen-bond acceptors (Lipinski definition) is 6. The molecule has 0 unspecified atom stereocenters. The predicted octanol–water partition coefficient (Wildman–Crippen LogP) is 2.59. The molecule has 2 aromatic rings. The lowest BCUT2D eigenvalue weighted by atomic mass is 10.4. The van der Waals surface area contributed by atoms with Gasteiger partial charge in [0.2, 0.25) is 5.01 Å². The van der Waals surface area contributed by atoms with Crippen LogP contribution in [-0.2, 0) is 12.7 Å². The molecule has 10 heteroatoms. The van der Waals surface area contributed by atoms with E-state index in [9.17, 15) is 18.0 Å². The van der Waals surface area contributed by atoms with Gasteiger partial charge in [-0.3, -0.25) is 4.79 Å². The molecule has 0 fully saturated rings. The second-order valence-electron chi connectivity index (χ2n) is 3.91. The van der Waals surface area contributed by atoms with Gasteiger partial charge in [0.1, 0.15) is 10.0 Å². The van der Waals surface area contributed by atoms with Crippen LogP contribution in [0.4, 0.5) is 13.2 Å². The van der Waals surface area contributed by atoms with Gasteiger partial charge in [-0.2, -0.15) is 13.2 Å². The van der Waals surface area contributed by atoms with Gasteiger partial charge >= 0.3 is 6.18 Å². The van der Waals surface area contributed by atoms with Crippen LogP contribution in [0.3, 0.4) is 0 Å². The molecule has 2 rings (SSSR count). The summed E-state index contributed by atoms with van der Waals surface area (Å²) in [6.07, 6.45) is -4.46. The molecule has 0 aliphatic rings. The summed E-state index contributed by atoms with van der Waals surface area (Å²) >= 11 is 2.00. The molecule has 0 bridgehead atoms. The van der Waals surface area contributed by atoms with Crippen molar-refractivity contribution >= 4 is 28.6 Å². The Morgan fingerprint density at radius 3 is 2.60 bits per heavy atom. The minimum atomic E-state index is -4.46. The number of carbonyl (C=O) groups is 1. The molecule has 0 radical (unpaired) electrons. The van der Waals surface area contributed by atoms with Gasteiger partial charge in [-0.15, -0.1) is 21.5 Å². The summed E-state index contributed by atoms with van der Waals surface area (Å²) in [7, 11) is 1.48. The molecule has 2 heterocycles. The van der Waals surface area contributed by atoms with E-state index in [0.29, 0.717) is 5.01 Å². The monoisotopic (exact) mass is 322 g/mol. The molecule has 0 aromatic carbocycles. The quantitative estimate of drug-likeness (QED) is 0.871. The van der Waals surface area contributed by atoms with Crippen LogP contribution in [-0.4, -0.2) is 33.0 Å². The van der Waals surface area contributed by atoms with E-state index in [4.69, 9.17) is 0 Å². The van der Waals surface area contributed by atoms with Crippen LogP contribution < -0.4 is 0 Å². The highest BCUT2D eigenvalue weighted by molar-refractivity contribution is 7.13. The highest BCUT2D eigenvalue weighted by Crippen LogP contribution is 2.30. The Bertz CT molecular complexity index is 622. The number of nitrogens with zero attached hydrogens (tertiary/aromatic N) is 4. The van der Waals surface area contributed by atoms with Crippen LogP contribution in [0.2, 0.25) is 0 Å². The summed E-state index contributed by atoms with van der Waals surface area (Å²) in [5.41, 5.74) is -0.940. The fraction of sp³-hybridized carbons (Fsp3) is 0.400. The fourth-order valence-corrected chi connectivity index (χ4v) is 2.87. The second-order valence-corrected chi connectivity index (χ2v) is 6.04. The lowest BCUT2D eigenvalue weighted by Gasteiger charge is -2.13. The summed E-state index contributed by atoms with van der Waals surface area (Å²) in [6, 6.07) is 0. The van der Waals surface area contributed by atoms with Gasteiger partial charge in [-0.25, -0.2) is 4.98 Å². The maximum Gasteiger partial charge on any atom is 0.434 e. The molecule has 0 atom stereocenters. The number of aryl methyl sites for hydroxylation is 1. The van der Waals surface area contributed by atoms with Crippen LogP contribution in [0, 0.1) is 6.92 Å². The van der Waals surface area contributed by atoms with Crippen molar-refractivity contribution in [3.05, 3.63) is 26.1 Å². The molecule has 108 valence electrons. The predicted molar refractivity (Wildman–Crippen MR) is 67.6 cm³/mol. The summed E-state index contributed by atoms with van der Waals surface area (Å²) in [6.45, 7) is 1.71. The Balaban J connectivity index is 2.06. The molecule has 0 N–H and O–H groups in total. The van der Waals surface area contributed by atoms with Gasteiger partial charge < -0.3 is 4.90 Å². The van der Waals surface area contributed by atoms with E-state index in [0.717, 1.165) is 28.1 Å². The molecule has 0 aliphatic heterocycles. The summed E-state index contributed by atoms with van der Waals surface area (Å²) in [5.74, 6) is -0.389. The van der Waals surface area contributed by atoms with Gasteiger partial charge in [0.25, 0.3) is 5.91 Å². The van der Waals surface area contributed by atoms with Gasteiger partial charge in [0.05, 0.1) is 6.54 Å². The Morgan fingerprint density at radius 1 is 1.40 bits per heavy atom. The van der Waals surface area contributed by atoms with Crippen molar-refractivity contribution in [2.24, 2.45) is 0 Å². The molecule has 0 spiro atoms. The van der Waals surface area contributed by atoms with E-state index in [1.165, 1.54) is 11.9 Å². The smallest absolute Gasteiger partial charge is 0.333 e. The zero-order valence-corrected chi connectivity index (χ0v) is 12.1. The maximum atomic E-state index is 12.4. The molecule has 0 saturated heterocycles. The minimum absolute atomic E-state index is 0.00178. The maximum absolute atomic E-state index is 12.4. The minimum Gasteiger partial charge on any atom is -0.333 e. The van der Waals surface area contributed by atoms with E-state index < -0.39 is 11.9 Å². The summed E-state index contributed by atoms with van der Waals surface area (Å²) in [4.78, 5) is 16.7. The van der Waals surface area contributed by atoms with E-state index in [-0.39, 0.29) is 22.5 Å². The van der Waals surface area contributed by atoms with Gasteiger partial charge in [-0.1, -0.05) is 11.3 Å². The average Bonchev–Trinajstić information content (AvgIpc) is 2.96. The van der Waals surface area contributed by atoms with E-state index in [1.54, 1.807) is 6.92 Å². The van der Waals surface area contributed by atoms with Crippen molar-refractivity contribution in [2.75, 3.05) is 7.05 Å². The molecular formula is C10H9F3N4OS2. The van der Waals surface area contributed by atoms with Crippen LogP contribution in [0.25, 0.3) is 0 Å². The molecule has 1 amide bonds. The molecule has 0 aliphatic carbocycles. The zero-order valence-electron chi connectivity index (χ0n) is 10.4. The Morgan fingerprint density at radius 2 is 2.10 bits per heavy atom. The van der Waals surface area contributed by atoms with Gasteiger partial charge in [0, 0.05) is 12.4 Å². The largest absolute Gasteiger partial charge is 0.434 e. The molecule has 2 aromatic heterocycles. The number of alkyl halides is 3. The Labute approximate surface area is 120 Å². The van der Waals surface area contributed by atoms with Gasteiger partial charge in [-0.05, 0) is 6.92 Å². The highest BCUT2D eigenvalue weighted by Gasteiger charge is 2.33. The first kappa shape index (κ1) is 14.9. The third kappa shape index (κ3) is 3.31. The van der Waals surface area contributed by atoms with Crippen molar-refractivity contribution in [1.82, 2.24) is 20.1 Å².